The smallest absolute Gasteiger partial charge is 0.275 e. The molecule has 14 heteroatoms. The van der Waals surface area contributed by atoms with Gasteiger partial charge in [0, 0.05) is 23.9 Å². The van der Waals surface area contributed by atoms with Crippen molar-refractivity contribution in [1.82, 2.24) is 24.8 Å². The van der Waals surface area contributed by atoms with E-state index in [9.17, 15) is 13.2 Å². The quantitative estimate of drug-likeness (QED) is 0.166. The molecule has 0 bridgehead atoms. The van der Waals surface area contributed by atoms with E-state index < -0.39 is 15.3 Å². The first kappa shape index (κ1) is 31.3. The Kier molecular flexibility index (Phi) is 9.82. The third kappa shape index (κ3) is 7.43. The summed E-state index contributed by atoms with van der Waals surface area (Å²) in [4.78, 5) is 24.0. The van der Waals surface area contributed by atoms with Gasteiger partial charge in [0.25, 0.3) is 5.91 Å². The van der Waals surface area contributed by atoms with E-state index >= 15 is 0 Å². The number of ether oxygens (including phenoxy) is 2. The van der Waals surface area contributed by atoms with Gasteiger partial charge in [-0.15, -0.1) is 11.3 Å². The summed E-state index contributed by atoms with van der Waals surface area (Å²) in [5.41, 5.74) is 3.05. The van der Waals surface area contributed by atoms with Gasteiger partial charge >= 0.3 is 0 Å². The molecule has 0 unspecified atom stereocenters. The Morgan fingerprint density at radius 3 is 2.69 bits per heavy atom. The van der Waals surface area contributed by atoms with E-state index in [0.717, 1.165) is 18.1 Å². The highest BCUT2D eigenvalue weighted by Gasteiger charge is 2.24. The van der Waals surface area contributed by atoms with Crippen LogP contribution in [0, 0.1) is 0 Å². The van der Waals surface area contributed by atoms with Crippen LogP contribution >= 0.6 is 11.3 Å². The maximum atomic E-state index is 13.3. The number of amides is 1. The second-order valence-electron chi connectivity index (χ2n) is 10.5. The Labute approximate surface area is 250 Å². The number of sulfonamides is 1. The first-order chi connectivity index (χ1) is 19.9. The molecule has 1 saturated heterocycles. The molecule has 2 aromatic heterocycles. The van der Waals surface area contributed by atoms with Crippen LogP contribution in [0.5, 0.6) is 0 Å². The van der Waals surface area contributed by atoms with Crippen molar-refractivity contribution in [3.05, 3.63) is 57.6 Å². The lowest BCUT2D eigenvalue weighted by atomic mass is 10.0. The fraction of sp³-hybridized carbons (Fsp3) is 0.429. The van der Waals surface area contributed by atoms with Gasteiger partial charge in [0.1, 0.15) is 16.4 Å². The number of anilines is 1. The van der Waals surface area contributed by atoms with Crippen LogP contribution in [0.4, 0.5) is 5.69 Å². The van der Waals surface area contributed by atoms with Gasteiger partial charge in [-0.25, -0.2) is 18.4 Å². The number of rotatable bonds is 11. The predicted molar refractivity (Wildman–Crippen MR) is 166 cm³/mol. The van der Waals surface area contributed by atoms with Crippen LogP contribution in [0.3, 0.4) is 0 Å². The van der Waals surface area contributed by atoms with Crippen LogP contribution in [0.15, 0.2) is 46.4 Å². The van der Waals surface area contributed by atoms with E-state index in [0.29, 0.717) is 40.0 Å². The molecule has 2 atom stereocenters. The number of carbonyl (C=O) groups is 1. The number of fused-ring (bicyclic) bond motifs is 1. The van der Waals surface area contributed by atoms with Crippen LogP contribution in [0.25, 0.3) is 16.5 Å². The van der Waals surface area contributed by atoms with Crippen LogP contribution in [-0.4, -0.2) is 78.8 Å². The number of hydrogen-bond donors (Lipinski definition) is 3. The Morgan fingerprint density at radius 2 is 2.05 bits per heavy atom. The molecule has 0 aliphatic carbocycles. The Hall–Kier alpha value is -3.59. The van der Waals surface area contributed by atoms with Crippen molar-refractivity contribution in [3.63, 3.8) is 0 Å². The van der Waals surface area contributed by atoms with Crippen molar-refractivity contribution < 1.29 is 22.7 Å². The van der Waals surface area contributed by atoms with Crippen molar-refractivity contribution in [2.75, 3.05) is 25.5 Å². The molecule has 0 spiro atoms. The molecule has 1 aromatic carbocycles. The number of H-pyrrole nitrogens is 1. The highest BCUT2D eigenvalue weighted by Crippen LogP contribution is 2.29. The molecule has 3 N–H and O–H groups in total. The fourth-order valence-electron chi connectivity index (χ4n) is 4.63. The van der Waals surface area contributed by atoms with Crippen molar-refractivity contribution >= 4 is 56.1 Å². The van der Waals surface area contributed by atoms with Crippen LogP contribution < -0.4 is 10.0 Å². The Morgan fingerprint density at radius 1 is 1.33 bits per heavy atom. The molecule has 42 heavy (non-hydrogen) atoms. The number of nitrogens with one attached hydrogen (secondary N) is 3. The second-order valence-corrected chi connectivity index (χ2v) is 13.7. The SMILES string of the molecule is C=N/C(OC)=C(\C=C(/C)c1cc(NC(=O)c2csc(CN3C[C@@H](C)O[C@@H](C)C3)n2)c2cn[nH]c2c1)NS(=O)(=O)C(C)C. The molecule has 1 amide bonds. The molecule has 226 valence electrons. The summed E-state index contributed by atoms with van der Waals surface area (Å²) < 4.78 is 38.9. The summed E-state index contributed by atoms with van der Waals surface area (Å²) in [5.74, 6) is -0.319. The fourth-order valence-corrected chi connectivity index (χ4v) is 6.13. The number of aliphatic imine (C=N–C) groups is 1. The van der Waals surface area contributed by atoms with E-state index in [1.807, 2.05) is 13.0 Å². The van der Waals surface area contributed by atoms with Gasteiger partial charge in [0.2, 0.25) is 15.9 Å². The van der Waals surface area contributed by atoms with Gasteiger partial charge in [0.15, 0.2) is 0 Å². The number of thiazole rings is 1. The molecular weight excluding hydrogens is 578 g/mol. The molecule has 0 saturated carbocycles. The zero-order chi connectivity index (χ0) is 30.6. The van der Waals surface area contributed by atoms with Crippen LogP contribution in [0.2, 0.25) is 0 Å². The number of carbonyl (C=O) groups excluding carboxylic acids is 1. The van der Waals surface area contributed by atoms with Crippen LogP contribution in [-0.2, 0) is 26.0 Å². The highest BCUT2D eigenvalue weighted by molar-refractivity contribution is 7.90. The average molecular weight is 616 g/mol. The lowest BCUT2D eigenvalue weighted by Crippen LogP contribution is -2.44. The van der Waals surface area contributed by atoms with Crippen molar-refractivity contribution in [1.29, 1.82) is 0 Å². The average Bonchev–Trinajstić information content (AvgIpc) is 3.58. The minimum atomic E-state index is -3.69. The number of nitrogens with zero attached hydrogens (tertiary/aromatic N) is 4. The van der Waals surface area contributed by atoms with Crippen molar-refractivity contribution in [3.8, 4) is 0 Å². The van der Waals surface area contributed by atoms with Gasteiger partial charge in [0.05, 0.1) is 48.5 Å². The molecule has 3 heterocycles. The highest BCUT2D eigenvalue weighted by atomic mass is 32.2. The van der Waals surface area contributed by atoms with Crippen molar-refractivity contribution in [2.45, 2.75) is 58.6 Å². The van der Waals surface area contributed by atoms with E-state index in [-0.39, 0.29) is 29.7 Å². The van der Waals surface area contributed by atoms with Gasteiger partial charge in [-0.2, -0.15) is 5.10 Å². The molecule has 1 aliphatic heterocycles. The summed E-state index contributed by atoms with van der Waals surface area (Å²) in [6.07, 6.45) is 3.54. The van der Waals surface area contributed by atoms with E-state index in [1.165, 1.54) is 18.4 Å². The van der Waals surface area contributed by atoms with Crippen molar-refractivity contribution in [2.24, 2.45) is 4.99 Å². The lowest BCUT2D eigenvalue weighted by Gasteiger charge is -2.34. The Bertz CT molecular complexity index is 1610. The zero-order valence-corrected chi connectivity index (χ0v) is 26.2. The number of aromatic nitrogens is 3. The standard InChI is InChI=1S/C28H37N7O5S2/c1-16(2)42(37,38)34-24(28(29-6)39-7)8-17(3)20-9-22(21-11-30-33-23(21)10-20)32-27(36)25-15-41-26(31-25)14-35-12-18(4)40-19(5)13-35/h8-11,15-16,18-19,34H,6,12-14H2,1-5,7H3,(H,30,33)(H,32,36)/b17-8+,28-24-/t18-,19+. The number of hydrogen-bond acceptors (Lipinski definition) is 10. The summed E-state index contributed by atoms with van der Waals surface area (Å²) in [6, 6.07) is 3.66. The minimum absolute atomic E-state index is 0.0232. The molecule has 1 aliphatic rings. The molecule has 4 rings (SSSR count). The summed E-state index contributed by atoms with van der Waals surface area (Å²) >= 11 is 1.45. The van der Waals surface area contributed by atoms with Gasteiger partial charge in [-0.3, -0.25) is 19.5 Å². The number of allylic oxidation sites excluding steroid dienone is 2. The summed E-state index contributed by atoms with van der Waals surface area (Å²) in [7, 11) is -2.31. The molecule has 3 aromatic rings. The third-order valence-corrected chi connectivity index (χ3v) is 9.28. The summed E-state index contributed by atoms with van der Waals surface area (Å²) in [5, 5.41) is 12.7. The first-order valence-electron chi connectivity index (χ1n) is 13.5. The maximum absolute atomic E-state index is 13.3. The number of benzene rings is 1. The normalized spacial score (nSPS) is 19.1. The molecule has 1 fully saturated rings. The number of aromatic amines is 1. The largest absolute Gasteiger partial charge is 0.480 e. The number of morpholine rings is 1. The number of methoxy groups -OCH3 is 1. The van der Waals surface area contributed by atoms with Gasteiger partial charge in [-0.05, 0) is 70.7 Å². The zero-order valence-electron chi connectivity index (χ0n) is 24.6. The van der Waals surface area contributed by atoms with Gasteiger partial charge < -0.3 is 14.8 Å². The van der Waals surface area contributed by atoms with E-state index in [1.54, 1.807) is 37.6 Å². The Balaban J connectivity index is 1.60. The first-order valence-corrected chi connectivity index (χ1v) is 15.9. The lowest BCUT2D eigenvalue weighted by molar-refractivity contribution is -0.0705. The summed E-state index contributed by atoms with van der Waals surface area (Å²) in [6.45, 7) is 14.8. The monoisotopic (exact) mass is 615 g/mol. The van der Waals surface area contributed by atoms with Gasteiger partial charge in [-0.1, -0.05) is 0 Å². The molecular formula is C28H37N7O5S2. The van der Waals surface area contributed by atoms with Crippen LogP contribution in [0.1, 0.15) is 55.7 Å². The van der Waals surface area contributed by atoms with E-state index in [4.69, 9.17) is 9.47 Å². The molecule has 0 radical (unpaired) electrons. The topological polar surface area (TPSA) is 151 Å². The maximum Gasteiger partial charge on any atom is 0.275 e. The second kappa shape index (κ2) is 13.2. The molecule has 12 nitrogen and oxygen atoms in total. The van der Waals surface area contributed by atoms with E-state index in [2.05, 4.69) is 55.7 Å². The third-order valence-electron chi connectivity index (χ3n) is 6.70. The minimum Gasteiger partial charge on any atom is -0.480 e. The predicted octanol–water partition coefficient (Wildman–Crippen LogP) is 4.13.